The molecular formula is C24H31N5O3. The molecule has 3 aromatic rings. The van der Waals surface area contributed by atoms with Crippen LogP contribution in [0.25, 0.3) is 5.65 Å². The van der Waals surface area contributed by atoms with Crippen molar-refractivity contribution in [2.24, 2.45) is 0 Å². The molecule has 0 spiro atoms. The van der Waals surface area contributed by atoms with Crippen LogP contribution in [0.2, 0.25) is 0 Å². The van der Waals surface area contributed by atoms with E-state index in [2.05, 4.69) is 36.8 Å². The van der Waals surface area contributed by atoms with Crippen LogP contribution in [0, 0.1) is 0 Å². The Morgan fingerprint density at radius 3 is 2.50 bits per heavy atom. The molecule has 0 aliphatic carbocycles. The van der Waals surface area contributed by atoms with Crippen LogP contribution in [0.15, 0.2) is 24.3 Å². The number of likely N-dealkylation sites (tertiary alicyclic amines) is 1. The predicted molar refractivity (Wildman–Crippen MR) is 122 cm³/mol. The lowest BCUT2D eigenvalue weighted by molar-refractivity contribution is 0.173. The zero-order valence-corrected chi connectivity index (χ0v) is 19.2. The molecule has 4 heterocycles. The minimum absolute atomic E-state index is 0.0403. The van der Waals surface area contributed by atoms with Gasteiger partial charge in [-0.3, -0.25) is 4.90 Å². The fourth-order valence-electron chi connectivity index (χ4n) is 4.50. The number of piperidine rings is 1. The third kappa shape index (κ3) is 3.83. The number of nitrogens with two attached hydrogens (primary N) is 1. The van der Waals surface area contributed by atoms with Gasteiger partial charge < -0.3 is 19.9 Å². The topological polar surface area (TPSA) is 87.1 Å². The maximum absolute atomic E-state index is 6.34. The largest absolute Gasteiger partial charge is 0.496 e. The Kier molecular flexibility index (Phi) is 5.12. The summed E-state index contributed by atoms with van der Waals surface area (Å²) >= 11 is 0. The smallest absolute Gasteiger partial charge is 0.231 e. The van der Waals surface area contributed by atoms with Crippen LogP contribution < -0.4 is 19.9 Å². The van der Waals surface area contributed by atoms with E-state index in [-0.39, 0.29) is 12.2 Å². The van der Waals surface area contributed by atoms with Crippen LogP contribution >= 0.6 is 0 Å². The maximum atomic E-state index is 6.34. The first-order valence-electron chi connectivity index (χ1n) is 11.2. The Bertz CT molecular complexity index is 1140. The molecular weight excluding hydrogens is 406 g/mol. The molecule has 0 saturated carbocycles. The normalized spacial score (nSPS) is 17.2. The van der Waals surface area contributed by atoms with E-state index < -0.39 is 0 Å². The SMILES string of the molecule is COc1cc2c(cc1CN1CCC(c3cc(N)n4nc(C(C)(C)C)cc4n3)CC1)OCO2. The molecule has 2 aliphatic heterocycles. The molecule has 8 heteroatoms. The number of hydrogen-bond acceptors (Lipinski definition) is 7. The summed E-state index contributed by atoms with van der Waals surface area (Å²) in [7, 11) is 1.70. The summed E-state index contributed by atoms with van der Waals surface area (Å²) in [5, 5.41) is 4.66. The monoisotopic (exact) mass is 437 g/mol. The summed E-state index contributed by atoms with van der Waals surface area (Å²) in [6, 6.07) is 8.01. The molecule has 0 radical (unpaired) electrons. The summed E-state index contributed by atoms with van der Waals surface area (Å²) in [6.45, 7) is 9.51. The van der Waals surface area contributed by atoms with Gasteiger partial charge in [-0.25, -0.2) is 4.98 Å². The highest BCUT2D eigenvalue weighted by atomic mass is 16.7. The third-order valence-electron chi connectivity index (χ3n) is 6.42. The number of rotatable bonds is 4. The van der Waals surface area contributed by atoms with Crippen molar-refractivity contribution in [3.8, 4) is 17.2 Å². The highest BCUT2D eigenvalue weighted by molar-refractivity contribution is 5.52. The van der Waals surface area contributed by atoms with E-state index in [4.69, 9.17) is 24.9 Å². The van der Waals surface area contributed by atoms with Crippen LogP contribution in [-0.2, 0) is 12.0 Å². The van der Waals surface area contributed by atoms with Crippen molar-refractivity contribution in [3.05, 3.63) is 41.2 Å². The molecule has 0 bridgehead atoms. The van der Waals surface area contributed by atoms with Crippen LogP contribution in [0.1, 0.15) is 56.5 Å². The number of nitrogen functional groups attached to an aromatic ring is 1. The van der Waals surface area contributed by atoms with Crippen molar-refractivity contribution in [2.75, 3.05) is 32.7 Å². The van der Waals surface area contributed by atoms with Gasteiger partial charge in [-0.1, -0.05) is 20.8 Å². The Morgan fingerprint density at radius 1 is 1.09 bits per heavy atom. The van der Waals surface area contributed by atoms with Crippen molar-refractivity contribution >= 4 is 11.5 Å². The fraction of sp³-hybridized carbons (Fsp3) is 0.500. The summed E-state index contributed by atoms with van der Waals surface area (Å²) in [6.07, 6.45) is 2.07. The first-order chi connectivity index (χ1) is 15.3. The van der Waals surface area contributed by atoms with Crippen molar-refractivity contribution in [3.63, 3.8) is 0 Å². The Balaban J connectivity index is 1.29. The molecule has 5 rings (SSSR count). The molecule has 0 atom stereocenters. The number of ether oxygens (including phenoxy) is 3. The van der Waals surface area contributed by atoms with Gasteiger partial charge in [-0.15, -0.1) is 0 Å². The Hall–Kier alpha value is -3.00. The van der Waals surface area contributed by atoms with Gasteiger partial charge >= 0.3 is 0 Å². The third-order valence-corrected chi connectivity index (χ3v) is 6.42. The lowest BCUT2D eigenvalue weighted by atomic mass is 9.92. The number of aromatic nitrogens is 3. The highest BCUT2D eigenvalue weighted by Gasteiger charge is 2.26. The number of methoxy groups -OCH3 is 1. The van der Waals surface area contributed by atoms with Crippen molar-refractivity contribution < 1.29 is 14.2 Å². The predicted octanol–water partition coefficient (Wildman–Crippen LogP) is 3.73. The second kappa shape index (κ2) is 7.85. The van der Waals surface area contributed by atoms with E-state index in [1.807, 2.05) is 18.2 Å². The minimum Gasteiger partial charge on any atom is -0.496 e. The summed E-state index contributed by atoms with van der Waals surface area (Å²) in [5.41, 5.74) is 10.3. The molecule has 32 heavy (non-hydrogen) atoms. The fourth-order valence-corrected chi connectivity index (χ4v) is 4.50. The first-order valence-corrected chi connectivity index (χ1v) is 11.2. The molecule has 170 valence electrons. The molecule has 1 fully saturated rings. The van der Waals surface area contributed by atoms with E-state index in [9.17, 15) is 0 Å². The standard InChI is InChI=1S/C24H31N5O3/c1-24(2,3)21-12-23-26-17(10-22(25)29(23)27-21)15-5-7-28(8-6-15)13-16-9-19-20(32-14-31-19)11-18(16)30-4/h9-12,15H,5-8,13-14,25H2,1-4H3. The number of benzene rings is 1. The quantitative estimate of drug-likeness (QED) is 0.665. The molecule has 0 amide bonds. The van der Waals surface area contributed by atoms with Gasteiger partial charge in [0.25, 0.3) is 0 Å². The number of nitrogens with zero attached hydrogens (tertiary/aromatic N) is 4. The lowest BCUT2D eigenvalue weighted by Gasteiger charge is -2.32. The molecule has 0 unspecified atom stereocenters. The second-order valence-electron chi connectivity index (χ2n) is 9.72. The highest BCUT2D eigenvalue weighted by Crippen LogP contribution is 2.39. The zero-order valence-electron chi connectivity index (χ0n) is 19.2. The van der Waals surface area contributed by atoms with E-state index in [1.54, 1.807) is 11.6 Å². The average molecular weight is 438 g/mol. The van der Waals surface area contributed by atoms with E-state index in [0.29, 0.717) is 11.7 Å². The van der Waals surface area contributed by atoms with Gasteiger partial charge in [0, 0.05) is 47.3 Å². The van der Waals surface area contributed by atoms with Crippen LogP contribution in [-0.4, -0.2) is 46.5 Å². The van der Waals surface area contributed by atoms with E-state index >= 15 is 0 Å². The van der Waals surface area contributed by atoms with Gasteiger partial charge in [-0.2, -0.15) is 9.61 Å². The van der Waals surface area contributed by atoms with Crippen molar-refractivity contribution in [2.45, 2.75) is 51.5 Å². The molecule has 2 aromatic heterocycles. The van der Waals surface area contributed by atoms with Crippen LogP contribution in [0.3, 0.4) is 0 Å². The minimum atomic E-state index is -0.0403. The number of fused-ring (bicyclic) bond motifs is 2. The van der Waals surface area contributed by atoms with Gasteiger partial charge in [0.2, 0.25) is 6.79 Å². The molecule has 1 aromatic carbocycles. The Labute approximate surface area is 188 Å². The molecule has 2 N–H and O–H groups in total. The summed E-state index contributed by atoms with van der Waals surface area (Å²) in [5.74, 6) is 3.42. The lowest BCUT2D eigenvalue weighted by Crippen LogP contribution is -2.33. The molecule has 1 saturated heterocycles. The summed E-state index contributed by atoms with van der Waals surface area (Å²) < 4.78 is 18.4. The molecule has 8 nitrogen and oxygen atoms in total. The maximum Gasteiger partial charge on any atom is 0.231 e. The second-order valence-corrected chi connectivity index (χ2v) is 9.72. The first kappa shape index (κ1) is 20.9. The Morgan fingerprint density at radius 2 is 1.81 bits per heavy atom. The van der Waals surface area contributed by atoms with Crippen molar-refractivity contribution in [1.82, 2.24) is 19.5 Å². The zero-order chi connectivity index (χ0) is 22.5. The van der Waals surface area contributed by atoms with Crippen LogP contribution in [0.5, 0.6) is 17.2 Å². The van der Waals surface area contributed by atoms with Gasteiger partial charge in [0.1, 0.15) is 11.6 Å². The number of anilines is 1. The average Bonchev–Trinajstić information content (AvgIpc) is 3.40. The van der Waals surface area contributed by atoms with Gasteiger partial charge in [0.05, 0.1) is 12.8 Å². The molecule has 2 aliphatic rings. The van der Waals surface area contributed by atoms with E-state index in [1.165, 1.54) is 0 Å². The van der Waals surface area contributed by atoms with Crippen LogP contribution in [0.4, 0.5) is 5.82 Å². The van der Waals surface area contributed by atoms with Crippen molar-refractivity contribution in [1.29, 1.82) is 0 Å². The summed E-state index contributed by atoms with van der Waals surface area (Å²) in [4.78, 5) is 7.37. The number of hydrogen-bond donors (Lipinski definition) is 1. The van der Waals surface area contributed by atoms with E-state index in [0.717, 1.165) is 72.3 Å². The van der Waals surface area contributed by atoms with Gasteiger partial charge in [-0.05, 0) is 32.0 Å². The van der Waals surface area contributed by atoms with Gasteiger partial charge in [0.15, 0.2) is 17.1 Å².